The number of benzene rings is 1. The summed E-state index contributed by atoms with van der Waals surface area (Å²) in [6.45, 7) is 0. The summed E-state index contributed by atoms with van der Waals surface area (Å²) in [4.78, 5) is 4.54. The number of hydrogen-bond acceptors (Lipinski definition) is 1. The Hall–Kier alpha value is -0.380. The smallest absolute Gasteiger partial charge is 0.0551 e. The molecule has 2 rings (SSSR count). The predicted octanol–water partition coefficient (Wildman–Crippen LogP) is 5.18. The van der Waals surface area contributed by atoms with Crippen LogP contribution in [0.3, 0.4) is 0 Å². The second kappa shape index (κ2) is 5.98. The molecule has 0 saturated carbocycles. The summed E-state index contributed by atoms with van der Waals surface area (Å²) in [5, 5.41) is 0.730. The van der Waals surface area contributed by atoms with Gasteiger partial charge in [-0.25, -0.2) is 0 Å². The van der Waals surface area contributed by atoms with Crippen molar-refractivity contribution < 1.29 is 0 Å². The van der Waals surface area contributed by atoms with Crippen molar-refractivity contribution in [2.75, 3.05) is 0 Å². The van der Waals surface area contributed by atoms with Crippen LogP contribution in [-0.4, -0.2) is 4.98 Å². The summed E-state index contributed by atoms with van der Waals surface area (Å²) in [7, 11) is 0. The van der Waals surface area contributed by atoms with Gasteiger partial charge in [-0.2, -0.15) is 0 Å². The Morgan fingerprint density at radius 3 is 2.71 bits per heavy atom. The zero-order chi connectivity index (χ0) is 12.3. The molecule has 1 aromatic carbocycles. The van der Waals surface area contributed by atoms with E-state index in [4.69, 9.17) is 11.6 Å². The fourth-order valence-corrected chi connectivity index (χ4v) is 2.58. The summed E-state index contributed by atoms with van der Waals surface area (Å²) in [6.07, 6.45) is 2.66. The van der Waals surface area contributed by atoms with Gasteiger partial charge in [-0.05, 0) is 45.8 Å². The summed E-state index contributed by atoms with van der Waals surface area (Å²) in [5.74, 6) is 0. The van der Waals surface area contributed by atoms with E-state index in [0.717, 1.165) is 27.2 Å². The highest BCUT2D eigenvalue weighted by atomic mass is 79.9. The molecule has 88 valence electrons. The molecule has 0 aliphatic heterocycles. The van der Waals surface area contributed by atoms with Gasteiger partial charge in [0.15, 0.2) is 0 Å². The van der Waals surface area contributed by atoms with Crippen LogP contribution in [0.4, 0.5) is 0 Å². The topological polar surface area (TPSA) is 12.9 Å². The van der Waals surface area contributed by atoms with Gasteiger partial charge in [0.1, 0.15) is 0 Å². The lowest BCUT2D eigenvalue weighted by molar-refractivity contribution is 0.904. The first-order valence-electron chi connectivity index (χ1n) is 5.16. The largest absolute Gasteiger partial charge is 0.261 e. The van der Waals surface area contributed by atoms with E-state index in [1.165, 1.54) is 0 Å². The molecule has 0 bridgehead atoms. The van der Waals surface area contributed by atoms with E-state index in [1.807, 2.05) is 36.5 Å². The van der Waals surface area contributed by atoms with Crippen molar-refractivity contribution in [1.29, 1.82) is 0 Å². The fourth-order valence-electron chi connectivity index (χ4n) is 1.53. The van der Waals surface area contributed by atoms with Crippen molar-refractivity contribution in [3.05, 3.63) is 63.3 Å². The van der Waals surface area contributed by atoms with Crippen LogP contribution in [0, 0.1) is 0 Å². The van der Waals surface area contributed by atoms with Crippen molar-refractivity contribution in [2.45, 2.75) is 11.2 Å². The lowest BCUT2D eigenvalue weighted by Crippen LogP contribution is -1.97. The minimum absolute atomic E-state index is 0.225. The van der Waals surface area contributed by atoms with E-state index in [-0.39, 0.29) is 4.83 Å². The average Bonchev–Trinajstić information content (AvgIpc) is 2.34. The molecule has 17 heavy (non-hydrogen) atoms. The number of alkyl halides is 1. The van der Waals surface area contributed by atoms with Gasteiger partial charge < -0.3 is 0 Å². The van der Waals surface area contributed by atoms with E-state index in [0.29, 0.717) is 0 Å². The van der Waals surface area contributed by atoms with E-state index in [2.05, 4.69) is 42.9 Å². The van der Waals surface area contributed by atoms with Crippen molar-refractivity contribution in [2.24, 2.45) is 0 Å². The van der Waals surface area contributed by atoms with Crippen LogP contribution in [-0.2, 0) is 6.42 Å². The standard InChI is InChI=1S/C13H10Br2ClN/c14-11-5-4-9(7-13(11)16)12(15)8-10-3-1-2-6-17-10/h1-7,12H,8H2. The van der Waals surface area contributed by atoms with Crippen LogP contribution in [0.1, 0.15) is 16.1 Å². The van der Waals surface area contributed by atoms with Gasteiger partial charge in [0, 0.05) is 27.6 Å². The second-order valence-electron chi connectivity index (χ2n) is 3.67. The van der Waals surface area contributed by atoms with Crippen molar-refractivity contribution in [3.8, 4) is 0 Å². The predicted molar refractivity (Wildman–Crippen MR) is 78.8 cm³/mol. The molecule has 0 N–H and O–H groups in total. The number of aromatic nitrogens is 1. The quantitative estimate of drug-likeness (QED) is 0.674. The number of pyridine rings is 1. The van der Waals surface area contributed by atoms with Gasteiger partial charge in [-0.15, -0.1) is 0 Å². The van der Waals surface area contributed by atoms with Crippen LogP contribution >= 0.6 is 43.5 Å². The highest BCUT2D eigenvalue weighted by Crippen LogP contribution is 2.31. The lowest BCUT2D eigenvalue weighted by Gasteiger charge is -2.10. The molecule has 0 saturated heterocycles. The van der Waals surface area contributed by atoms with Gasteiger partial charge in [0.2, 0.25) is 0 Å². The first-order chi connectivity index (χ1) is 8.16. The normalized spacial score (nSPS) is 12.4. The number of hydrogen-bond donors (Lipinski definition) is 0. The van der Waals surface area contributed by atoms with Crippen LogP contribution in [0.15, 0.2) is 47.1 Å². The Morgan fingerprint density at radius 1 is 1.24 bits per heavy atom. The van der Waals surface area contributed by atoms with Crippen LogP contribution in [0.25, 0.3) is 0 Å². The van der Waals surface area contributed by atoms with Gasteiger partial charge in [-0.1, -0.05) is 39.7 Å². The molecule has 0 amide bonds. The summed E-state index contributed by atoms with van der Waals surface area (Å²) in [6, 6.07) is 11.9. The van der Waals surface area contributed by atoms with E-state index < -0.39 is 0 Å². The molecule has 0 spiro atoms. The second-order valence-corrected chi connectivity index (χ2v) is 6.03. The third kappa shape index (κ3) is 3.54. The van der Waals surface area contributed by atoms with Crippen molar-refractivity contribution in [3.63, 3.8) is 0 Å². The van der Waals surface area contributed by atoms with E-state index in [9.17, 15) is 0 Å². The average molecular weight is 375 g/mol. The fraction of sp³-hybridized carbons (Fsp3) is 0.154. The molecule has 1 nitrogen and oxygen atoms in total. The lowest BCUT2D eigenvalue weighted by atomic mass is 10.1. The monoisotopic (exact) mass is 373 g/mol. The van der Waals surface area contributed by atoms with Gasteiger partial charge in [0.25, 0.3) is 0 Å². The molecular weight excluding hydrogens is 365 g/mol. The molecule has 1 atom stereocenters. The zero-order valence-corrected chi connectivity index (χ0v) is 12.8. The Labute approximate surface area is 122 Å². The summed E-state index contributed by atoms with van der Waals surface area (Å²) in [5.41, 5.74) is 2.22. The van der Waals surface area contributed by atoms with Gasteiger partial charge >= 0.3 is 0 Å². The first kappa shape index (κ1) is 13.1. The number of rotatable bonds is 3. The highest BCUT2D eigenvalue weighted by Gasteiger charge is 2.10. The maximum Gasteiger partial charge on any atom is 0.0551 e. The molecule has 0 radical (unpaired) electrons. The summed E-state index contributed by atoms with van der Waals surface area (Å²) >= 11 is 13.1. The molecule has 0 aliphatic carbocycles. The van der Waals surface area contributed by atoms with Gasteiger partial charge in [0.05, 0.1) is 5.02 Å². The van der Waals surface area contributed by atoms with Crippen LogP contribution in [0.5, 0.6) is 0 Å². The highest BCUT2D eigenvalue weighted by molar-refractivity contribution is 9.10. The van der Waals surface area contributed by atoms with E-state index in [1.54, 1.807) is 0 Å². The van der Waals surface area contributed by atoms with Crippen LogP contribution < -0.4 is 0 Å². The summed E-state index contributed by atoms with van der Waals surface area (Å²) < 4.78 is 0.917. The Kier molecular flexibility index (Phi) is 4.60. The Morgan fingerprint density at radius 2 is 2.06 bits per heavy atom. The molecular formula is C13H10Br2ClN. The molecule has 0 fully saturated rings. The van der Waals surface area contributed by atoms with Gasteiger partial charge in [-0.3, -0.25) is 4.98 Å². The Balaban J connectivity index is 2.14. The minimum atomic E-state index is 0.225. The first-order valence-corrected chi connectivity index (χ1v) is 7.24. The maximum absolute atomic E-state index is 6.08. The van der Waals surface area contributed by atoms with Crippen LogP contribution in [0.2, 0.25) is 5.02 Å². The number of halogens is 3. The molecule has 1 heterocycles. The molecule has 2 aromatic rings. The number of nitrogens with zero attached hydrogens (tertiary/aromatic N) is 1. The molecule has 1 unspecified atom stereocenters. The third-order valence-electron chi connectivity index (χ3n) is 2.42. The third-order valence-corrected chi connectivity index (χ3v) is 4.50. The zero-order valence-electron chi connectivity index (χ0n) is 8.91. The molecule has 1 aromatic heterocycles. The SMILES string of the molecule is Clc1cc(C(Br)Cc2ccccn2)ccc1Br. The molecule has 4 heteroatoms. The van der Waals surface area contributed by atoms with Crippen molar-refractivity contribution >= 4 is 43.5 Å². The maximum atomic E-state index is 6.08. The Bertz CT molecular complexity index is 502. The molecule has 0 aliphatic rings. The van der Waals surface area contributed by atoms with Crippen molar-refractivity contribution in [1.82, 2.24) is 4.98 Å². The van der Waals surface area contributed by atoms with E-state index >= 15 is 0 Å². The minimum Gasteiger partial charge on any atom is -0.261 e.